The summed E-state index contributed by atoms with van der Waals surface area (Å²) in [5.74, 6) is 0.844. The maximum atomic E-state index is 12.4. The van der Waals surface area contributed by atoms with Crippen LogP contribution in [0.5, 0.6) is 0 Å². The van der Waals surface area contributed by atoms with Crippen LogP contribution in [0.2, 0.25) is 0 Å². The zero-order valence-corrected chi connectivity index (χ0v) is 31.8. The fourth-order valence-electron chi connectivity index (χ4n) is 6.75. The van der Waals surface area contributed by atoms with E-state index in [1.165, 1.54) is 180 Å². The number of aliphatic hydroxyl groups excluding tert-OH is 2. The summed E-state index contributed by atoms with van der Waals surface area (Å²) in [5.41, 5.74) is 0. The number of hydrogen-bond acceptors (Lipinski definition) is 3. The van der Waals surface area contributed by atoms with Crippen LogP contribution in [-0.2, 0) is 4.79 Å². The topological polar surface area (TPSA) is 69.6 Å². The Morgan fingerprint density at radius 2 is 0.826 bits per heavy atom. The third kappa shape index (κ3) is 33.3. The zero-order valence-electron chi connectivity index (χ0n) is 31.8. The van der Waals surface area contributed by atoms with Gasteiger partial charge in [-0.2, -0.15) is 0 Å². The van der Waals surface area contributed by atoms with Gasteiger partial charge in [0.2, 0.25) is 5.91 Å². The van der Waals surface area contributed by atoms with Gasteiger partial charge in [-0.1, -0.05) is 220 Å². The summed E-state index contributed by atoms with van der Waals surface area (Å²) >= 11 is 0. The Bertz CT molecular complexity index is 597. The molecule has 4 heteroatoms. The maximum absolute atomic E-state index is 12.4. The van der Waals surface area contributed by atoms with Crippen LogP contribution in [-0.4, -0.2) is 34.9 Å². The fourth-order valence-corrected chi connectivity index (χ4v) is 6.75. The first-order valence-corrected chi connectivity index (χ1v) is 21.1. The number of rotatable bonds is 38. The lowest BCUT2D eigenvalue weighted by Gasteiger charge is -2.22. The van der Waals surface area contributed by atoms with Crippen molar-refractivity contribution in [2.24, 2.45) is 5.92 Å². The van der Waals surface area contributed by atoms with E-state index in [-0.39, 0.29) is 12.5 Å². The number of nitrogens with one attached hydrogen (secondary N) is 1. The summed E-state index contributed by atoms with van der Waals surface area (Å²) < 4.78 is 0. The molecular weight excluding hydrogens is 566 g/mol. The van der Waals surface area contributed by atoms with E-state index in [1.54, 1.807) is 0 Å². The fraction of sp³-hybridized carbons (Fsp3) is 0.976. The molecule has 0 bridgehead atoms. The molecule has 276 valence electrons. The van der Waals surface area contributed by atoms with Gasteiger partial charge in [0.05, 0.1) is 18.8 Å². The second kappa shape index (κ2) is 37.2. The third-order valence-electron chi connectivity index (χ3n) is 10.4. The summed E-state index contributed by atoms with van der Waals surface area (Å²) in [6.07, 6.45) is 43.1. The van der Waals surface area contributed by atoms with Crippen LogP contribution >= 0.6 is 0 Å². The zero-order chi connectivity index (χ0) is 33.8. The summed E-state index contributed by atoms with van der Waals surface area (Å²) in [5, 5.41) is 23.1. The van der Waals surface area contributed by atoms with Crippen molar-refractivity contribution in [3.05, 3.63) is 0 Å². The molecule has 4 nitrogen and oxygen atoms in total. The molecule has 0 aromatic heterocycles. The number of unbranched alkanes of at least 4 members (excludes halogenated alkanes) is 28. The van der Waals surface area contributed by atoms with Gasteiger partial charge in [-0.25, -0.2) is 0 Å². The van der Waals surface area contributed by atoms with Gasteiger partial charge in [0, 0.05) is 6.42 Å². The number of carbonyl (C=O) groups excluding carboxylic acids is 1. The van der Waals surface area contributed by atoms with Crippen LogP contribution in [0.25, 0.3) is 0 Å². The van der Waals surface area contributed by atoms with Crippen molar-refractivity contribution in [2.45, 2.75) is 251 Å². The Morgan fingerprint density at radius 1 is 0.500 bits per heavy atom. The van der Waals surface area contributed by atoms with Gasteiger partial charge in [-0.05, 0) is 18.8 Å². The highest BCUT2D eigenvalue weighted by Crippen LogP contribution is 2.17. The van der Waals surface area contributed by atoms with E-state index >= 15 is 0 Å². The molecule has 1 amide bonds. The highest BCUT2D eigenvalue weighted by Gasteiger charge is 2.20. The summed E-state index contributed by atoms with van der Waals surface area (Å²) in [7, 11) is 0. The molecule has 3 unspecified atom stereocenters. The van der Waals surface area contributed by atoms with Crippen molar-refractivity contribution in [1.82, 2.24) is 5.32 Å². The minimum absolute atomic E-state index is 0.0282. The lowest BCUT2D eigenvalue weighted by molar-refractivity contribution is -0.123. The number of carbonyl (C=O) groups is 1. The van der Waals surface area contributed by atoms with Crippen molar-refractivity contribution in [2.75, 3.05) is 6.61 Å². The van der Waals surface area contributed by atoms with Gasteiger partial charge >= 0.3 is 0 Å². The molecule has 0 aromatic rings. The van der Waals surface area contributed by atoms with Crippen molar-refractivity contribution in [3.63, 3.8) is 0 Å². The lowest BCUT2D eigenvalue weighted by atomic mass is 9.99. The Hall–Kier alpha value is -0.610. The molecule has 0 aliphatic carbocycles. The van der Waals surface area contributed by atoms with Gasteiger partial charge in [0.25, 0.3) is 0 Å². The molecule has 46 heavy (non-hydrogen) atoms. The second-order valence-electron chi connectivity index (χ2n) is 15.0. The third-order valence-corrected chi connectivity index (χ3v) is 10.4. The molecule has 3 N–H and O–H groups in total. The molecule has 0 fully saturated rings. The Morgan fingerprint density at radius 3 is 1.17 bits per heavy atom. The molecule has 0 aromatic carbocycles. The number of aliphatic hydroxyl groups is 2. The average molecular weight is 652 g/mol. The predicted molar refractivity (Wildman–Crippen MR) is 203 cm³/mol. The van der Waals surface area contributed by atoms with Crippen LogP contribution in [0, 0.1) is 5.92 Å². The highest BCUT2D eigenvalue weighted by atomic mass is 16.3. The summed E-state index contributed by atoms with van der Waals surface area (Å²) in [6, 6.07) is -0.530. The van der Waals surface area contributed by atoms with Gasteiger partial charge in [-0.15, -0.1) is 0 Å². The van der Waals surface area contributed by atoms with E-state index in [2.05, 4.69) is 26.1 Å². The molecule has 3 atom stereocenters. The largest absolute Gasteiger partial charge is 0.394 e. The minimum Gasteiger partial charge on any atom is -0.394 e. The molecule has 0 aliphatic rings. The van der Waals surface area contributed by atoms with Crippen LogP contribution < -0.4 is 5.32 Å². The van der Waals surface area contributed by atoms with Crippen molar-refractivity contribution in [1.29, 1.82) is 0 Å². The van der Waals surface area contributed by atoms with Crippen LogP contribution in [0.4, 0.5) is 0 Å². The molecular formula is C42H85NO3. The van der Waals surface area contributed by atoms with Crippen LogP contribution in [0.1, 0.15) is 239 Å². The van der Waals surface area contributed by atoms with Gasteiger partial charge < -0.3 is 15.5 Å². The molecule has 0 spiro atoms. The Labute approximate surface area is 289 Å². The molecule has 0 radical (unpaired) electrons. The summed E-state index contributed by atoms with van der Waals surface area (Å²) in [6.45, 7) is 6.73. The van der Waals surface area contributed by atoms with E-state index < -0.39 is 12.1 Å². The molecule has 0 heterocycles. The molecule has 0 rings (SSSR count). The van der Waals surface area contributed by atoms with E-state index in [0.717, 1.165) is 31.6 Å². The Kier molecular flexibility index (Phi) is 36.7. The molecule has 0 aliphatic heterocycles. The predicted octanol–water partition coefficient (Wildman–Crippen LogP) is 12.8. The monoisotopic (exact) mass is 652 g/mol. The standard InChI is InChI=1S/C42H85NO3/c1-4-6-7-8-9-10-11-12-13-14-15-16-17-18-19-20-21-22-23-28-31-34-37-42(46)43-40(38-44)41(45)36-33-30-27-25-24-26-29-32-35-39(3)5-2/h39-41,44-45H,4-38H2,1-3H3,(H,43,46). The smallest absolute Gasteiger partial charge is 0.220 e. The highest BCUT2D eigenvalue weighted by molar-refractivity contribution is 5.76. The van der Waals surface area contributed by atoms with E-state index in [4.69, 9.17) is 0 Å². The van der Waals surface area contributed by atoms with Crippen LogP contribution in [0.15, 0.2) is 0 Å². The van der Waals surface area contributed by atoms with E-state index in [0.29, 0.717) is 12.8 Å². The first-order chi connectivity index (χ1) is 22.5. The minimum atomic E-state index is -0.654. The summed E-state index contributed by atoms with van der Waals surface area (Å²) in [4.78, 5) is 12.4. The molecule has 0 saturated heterocycles. The van der Waals surface area contributed by atoms with Gasteiger partial charge in [-0.3, -0.25) is 4.79 Å². The number of amides is 1. The van der Waals surface area contributed by atoms with Gasteiger partial charge in [0.15, 0.2) is 0 Å². The second-order valence-corrected chi connectivity index (χ2v) is 15.0. The normalized spacial score (nSPS) is 13.6. The molecule has 0 saturated carbocycles. The van der Waals surface area contributed by atoms with Crippen LogP contribution in [0.3, 0.4) is 0 Å². The Balaban J connectivity index is 3.46. The number of hydrogen-bond donors (Lipinski definition) is 3. The first kappa shape index (κ1) is 45.4. The average Bonchev–Trinajstić information content (AvgIpc) is 3.06. The maximum Gasteiger partial charge on any atom is 0.220 e. The van der Waals surface area contributed by atoms with Crippen molar-refractivity contribution < 1.29 is 15.0 Å². The first-order valence-electron chi connectivity index (χ1n) is 21.1. The van der Waals surface area contributed by atoms with Crippen molar-refractivity contribution >= 4 is 5.91 Å². The van der Waals surface area contributed by atoms with E-state index in [1.807, 2.05) is 0 Å². The van der Waals surface area contributed by atoms with Gasteiger partial charge in [0.1, 0.15) is 0 Å². The van der Waals surface area contributed by atoms with Crippen molar-refractivity contribution in [3.8, 4) is 0 Å². The SMILES string of the molecule is CCCCCCCCCCCCCCCCCCCCCCCCC(=O)NC(CO)C(O)CCCCCCCCCCC(C)CC. The van der Waals surface area contributed by atoms with E-state index in [9.17, 15) is 15.0 Å². The quantitative estimate of drug-likeness (QED) is 0.0582. The lowest BCUT2D eigenvalue weighted by Crippen LogP contribution is -2.45.